The molecule has 0 heterocycles. The number of hydrogen-bond acceptors (Lipinski definition) is 6. The Balaban J connectivity index is 1.81. The summed E-state index contributed by atoms with van der Waals surface area (Å²) in [5.74, 6) is -1.50. The Kier molecular flexibility index (Phi) is 11.7. The van der Waals surface area contributed by atoms with E-state index in [1.807, 2.05) is 72.8 Å². The molecule has 0 saturated carbocycles. The highest BCUT2D eigenvalue weighted by atomic mass is 16.6. The number of nitrogens with zero attached hydrogens (tertiary/aromatic N) is 2. The lowest BCUT2D eigenvalue weighted by molar-refractivity contribution is -0.149. The first-order chi connectivity index (χ1) is 21.1. The molecule has 3 N–H and O–H groups in total. The first kappa shape index (κ1) is 35.0. The van der Waals surface area contributed by atoms with Gasteiger partial charge in [-0.2, -0.15) is 0 Å². The van der Waals surface area contributed by atoms with E-state index in [2.05, 4.69) is 5.32 Å². The van der Waals surface area contributed by atoms with Crippen molar-refractivity contribution in [1.29, 1.82) is 0 Å². The van der Waals surface area contributed by atoms with Crippen molar-refractivity contribution in [2.45, 2.75) is 70.7 Å². The van der Waals surface area contributed by atoms with Crippen molar-refractivity contribution in [2.75, 3.05) is 27.3 Å². The van der Waals surface area contributed by atoms with Gasteiger partial charge in [0.1, 0.15) is 24.3 Å². The summed E-state index contributed by atoms with van der Waals surface area (Å²) in [6.07, 6.45) is -0.155. The van der Waals surface area contributed by atoms with Crippen molar-refractivity contribution in [3.05, 3.63) is 83.9 Å². The highest BCUT2D eigenvalue weighted by molar-refractivity contribution is 5.93. The standard InChI is InChI=1S/C35H46N4O6/c1-34(2,3)45-33(43)37-35(4,5)23-44-22-30(40)38(6)29(21-26-18-13-17-25-16-11-12-19-27(25)26)32(42)39(7)28(31(36)41)20-24-14-9-8-10-15-24/h8-19,28-29H,20-23H2,1-7H3,(H2,36,41)(H,37,43)/t28-,29-/m1/s1. The Bertz CT molecular complexity index is 1480. The summed E-state index contributed by atoms with van der Waals surface area (Å²) in [4.78, 5) is 55.2. The summed E-state index contributed by atoms with van der Waals surface area (Å²) < 4.78 is 11.1. The molecule has 2 atom stereocenters. The van der Waals surface area contributed by atoms with Crippen LogP contribution in [-0.4, -0.2) is 84.1 Å². The van der Waals surface area contributed by atoms with Crippen LogP contribution in [0.4, 0.5) is 4.79 Å². The SMILES string of the molecule is CN(C(=O)COCC(C)(C)NC(=O)OC(C)(C)C)[C@H](Cc1cccc2ccccc12)C(=O)N(C)[C@H](Cc1ccccc1)C(N)=O. The number of ether oxygens (including phenoxy) is 2. The predicted octanol–water partition coefficient (Wildman–Crippen LogP) is 4.08. The second kappa shape index (κ2) is 15.0. The zero-order valence-electron chi connectivity index (χ0n) is 27.3. The molecule has 10 heteroatoms. The summed E-state index contributed by atoms with van der Waals surface area (Å²) in [6.45, 7) is 8.51. The van der Waals surface area contributed by atoms with Gasteiger partial charge in [-0.1, -0.05) is 72.8 Å². The highest BCUT2D eigenvalue weighted by Gasteiger charge is 2.35. The molecule has 0 aliphatic heterocycles. The molecular weight excluding hydrogens is 572 g/mol. The number of hydrogen-bond donors (Lipinski definition) is 2. The average Bonchev–Trinajstić information content (AvgIpc) is 2.96. The highest BCUT2D eigenvalue weighted by Crippen LogP contribution is 2.23. The Hall–Kier alpha value is -4.44. The lowest BCUT2D eigenvalue weighted by Crippen LogP contribution is -2.56. The molecule has 3 rings (SSSR count). The smallest absolute Gasteiger partial charge is 0.408 e. The number of benzene rings is 3. The van der Waals surface area contributed by atoms with E-state index in [0.717, 1.165) is 21.9 Å². The monoisotopic (exact) mass is 618 g/mol. The van der Waals surface area contributed by atoms with E-state index in [1.54, 1.807) is 41.7 Å². The summed E-state index contributed by atoms with van der Waals surface area (Å²) >= 11 is 0. The molecule has 0 spiro atoms. The molecule has 10 nitrogen and oxygen atoms in total. The normalized spacial score (nSPS) is 13.0. The number of carbonyl (C=O) groups is 4. The largest absolute Gasteiger partial charge is 0.444 e. The van der Waals surface area contributed by atoms with Crippen molar-refractivity contribution < 1.29 is 28.7 Å². The molecule has 4 amide bonds. The molecule has 0 radical (unpaired) electrons. The summed E-state index contributed by atoms with van der Waals surface area (Å²) in [5, 5.41) is 4.72. The average molecular weight is 619 g/mol. The van der Waals surface area contributed by atoms with Gasteiger partial charge in [0, 0.05) is 26.9 Å². The van der Waals surface area contributed by atoms with Crippen LogP contribution in [-0.2, 0) is 36.7 Å². The number of fused-ring (bicyclic) bond motifs is 1. The third-order valence-electron chi connectivity index (χ3n) is 7.38. The zero-order chi connectivity index (χ0) is 33.4. The predicted molar refractivity (Wildman–Crippen MR) is 174 cm³/mol. The van der Waals surface area contributed by atoms with Crippen molar-refractivity contribution in [1.82, 2.24) is 15.1 Å². The van der Waals surface area contributed by atoms with Crippen LogP contribution < -0.4 is 11.1 Å². The third kappa shape index (κ3) is 10.3. The van der Waals surface area contributed by atoms with E-state index in [-0.39, 0.29) is 26.1 Å². The maximum absolute atomic E-state index is 14.2. The fraction of sp³-hybridized carbons (Fsp3) is 0.429. The summed E-state index contributed by atoms with van der Waals surface area (Å²) in [7, 11) is 3.09. The van der Waals surface area contributed by atoms with E-state index in [4.69, 9.17) is 15.2 Å². The molecular formula is C35H46N4O6. The van der Waals surface area contributed by atoms with Crippen LogP contribution in [0.15, 0.2) is 72.8 Å². The minimum Gasteiger partial charge on any atom is -0.444 e. The summed E-state index contributed by atoms with van der Waals surface area (Å²) in [6, 6.07) is 21.1. The van der Waals surface area contributed by atoms with Gasteiger partial charge in [-0.15, -0.1) is 0 Å². The van der Waals surface area contributed by atoms with E-state index >= 15 is 0 Å². The zero-order valence-corrected chi connectivity index (χ0v) is 27.3. The minimum atomic E-state index is -0.956. The van der Waals surface area contributed by atoms with E-state index in [9.17, 15) is 19.2 Å². The molecule has 242 valence electrons. The summed E-state index contributed by atoms with van der Waals surface area (Å²) in [5.41, 5.74) is 6.03. The molecule has 3 aromatic carbocycles. The van der Waals surface area contributed by atoms with Gasteiger partial charge in [0.25, 0.3) is 0 Å². The number of primary amides is 1. The van der Waals surface area contributed by atoms with Gasteiger partial charge >= 0.3 is 6.09 Å². The van der Waals surface area contributed by atoms with Crippen LogP contribution >= 0.6 is 0 Å². The van der Waals surface area contributed by atoms with Crippen LogP contribution in [0.1, 0.15) is 45.7 Å². The van der Waals surface area contributed by atoms with Gasteiger partial charge in [0.05, 0.1) is 12.1 Å². The number of carbonyl (C=O) groups excluding carboxylic acids is 4. The Morgan fingerprint density at radius 2 is 1.42 bits per heavy atom. The quantitative estimate of drug-likeness (QED) is 0.297. The second-order valence-electron chi connectivity index (χ2n) is 12.9. The van der Waals surface area contributed by atoms with E-state index < -0.39 is 47.0 Å². The maximum Gasteiger partial charge on any atom is 0.408 e. The van der Waals surface area contributed by atoms with Gasteiger partial charge in [0.15, 0.2) is 0 Å². The van der Waals surface area contributed by atoms with Gasteiger partial charge in [-0.05, 0) is 56.5 Å². The van der Waals surface area contributed by atoms with Crippen molar-refractivity contribution in [3.8, 4) is 0 Å². The number of likely N-dealkylation sites (N-methyl/N-ethyl adjacent to an activating group) is 2. The van der Waals surface area contributed by atoms with Crippen LogP contribution in [0.25, 0.3) is 10.8 Å². The molecule has 0 fully saturated rings. The fourth-order valence-electron chi connectivity index (χ4n) is 5.01. The van der Waals surface area contributed by atoms with E-state index in [1.165, 1.54) is 16.8 Å². The van der Waals surface area contributed by atoms with Gasteiger partial charge in [-0.3, -0.25) is 14.4 Å². The molecule has 45 heavy (non-hydrogen) atoms. The molecule has 0 aliphatic rings. The van der Waals surface area contributed by atoms with Crippen LogP contribution in [0, 0.1) is 0 Å². The Labute approximate surface area is 265 Å². The van der Waals surface area contributed by atoms with Gasteiger partial charge in [-0.25, -0.2) is 4.79 Å². The molecule has 0 bridgehead atoms. The van der Waals surface area contributed by atoms with E-state index in [0.29, 0.717) is 0 Å². The molecule has 3 aromatic rings. The number of amides is 4. The van der Waals surface area contributed by atoms with Gasteiger partial charge in [0.2, 0.25) is 17.7 Å². The minimum absolute atomic E-state index is 0.0223. The maximum atomic E-state index is 14.2. The fourth-order valence-corrected chi connectivity index (χ4v) is 5.01. The third-order valence-corrected chi connectivity index (χ3v) is 7.38. The van der Waals surface area contributed by atoms with Gasteiger partial charge < -0.3 is 30.3 Å². The van der Waals surface area contributed by atoms with Crippen LogP contribution in [0.5, 0.6) is 0 Å². The van der Waals surface area contributed by atoms with Crippen molar-refractivity contribution in [3.63, 3.8) is 0 Å². The number of nitrogens with one attached hydrogen (secondary N) is 1. The first-order valence-corrected chi connectivity index (χ1v) is 15.0. The number of alkyl carbamates (subject to hydrolysis) is 1. The second-order valence-corrected chi connectivity index (χ2v) is 12.9. The molecule has 0 saturated heterocycles. The lowest BCUT2D eigenvalue weighted by atomic mass is 9.96. The van der Waals surface area contributed by atoms with Crippen LogP contribution in [0.3, 0.4) is 0 Å². The van der Waals surface area contributed by atoms with Crippen LogP contribution in [0.2, 0.25) is 0 Å². The van der Waals surface area contributed by atoms with Crippen molar-refractivity contribution >= 4 is 34.6 Å². The first-order valence-electron chi connectivity index (χ1n) is 15.0. The molecule has 0 aromatic heterocycles. The molecule has 0 unspecified atom stereocenters. The number of rotatable bonds is 13. The molecule has 0 aliphatic carbocycles. The topological polar surface area (TPSA) is 131 Å². The number of nitrogens with two attached hydrogens (primary N) is 1. The lowest BCUT2D eigenvalue weighted by Gasteiger charge is -2.34. The Morgan fingerprint density at radius 1 is 0.800 bits per heavy atom. The van der Waals surface area contributed by atoms with Crippen molar-refractivity contribution in [2.24, 2.45) is 5.73 Å². The Morgan fingerprint density at radius 3 is 2.07 bits per heavy atom.